The predicted octanol–water partition coefficient (Wildman–Crippen LogP) is 6.80. The molecule has 6 aromatic rings. The van der Waals surface area contributed by atoms with E-state index in [0.717, 1.165) is 11.1 Å². The highest BCUT2D eigenvalue weighted by Gasteiger charge is 2.30. The molecule has 4 heterocycles. The molecule has 0 radical (unpaired) electrons. The summed E-state index contributed by atoms with van der Waals surface area (Å²) in [5, 5.41) is 1.01. The molecule has 6 rings (SSSR count). The molecule has 22 heteroatoms. The Morgan fingerprint density at radius 2 is 1.10 bits per heavy atom. The molecule has 0 bridgehead atoms. The molecule has 0 aliphatic heterocycles. The molecule has 0 fully saturated rings. The van der Waals surface area contributed by atoms with Gasteiger partial charge in [-0.15, -0.1) is 0 Å². The molecule has 0 saturated carbocycles. The van der Waals surface area contributed by atoms with Crippen molar-refractivity contribution in [2.75, 3.05) is 39.1 Å². The van der Waals surface area contributed by atoms with Crippen LogP contribution in [0.1, 0.15) is 33.6 Å². The average molecular weight is 881 g/mol. The number of methoxy groups -OCH3 is 2. The van der Waals surface area contributed by atoms with Gasteiger partial charge in [0.05, 0.1) is 60.5 Å². The quantitative estimate of drug-likeness (QED) is 0.0504. The van der Waals surface area contributed by atoms with Gasteiger partial charge >= 0.3 is 24.3 Å². The monoisotopic (exact) mass is 880 g/mol. The van der Waals surface area contributed by atoms with Gasteiger partial charge in [-0.25, -0.2) is 19.3 Å². The zero-order chi connectivity index (χ0) is 43.8. The van der Waals surface area contributed by atoms with Crippen molar-refractivity contribution < 1.29 is 54.9 Å². The number of hydrogen-bond donors (Lipinski definition) is 2. The SMILES string of the molecule is COC(=O)Cc1ccc2c(c1)nc(SCc1nccc(OCC(F)(F)F)c1C)n2N.COC(=O)Cc1ccc2nc(SCc3nccc(OCC(F)(F)F)c3C)n(N)c2c1. The van der Waals surface area contributed by atoms with Crippen LogP contribution in [0.15, 0.2) is 71.2 Å². The highest BCUT2D eigenvalue weighted by Crippen LogP contribution is 2.31. The van der Waals surface area contributed by atoms with Gasteiger partial charge in [-0.3, -0.25) is 19.6 Å². The average Bonchev–Trinajstić information content (AvgIpc) is 3.69. The number of alkyl halides is 6. The van der Waals surface area contributed by atoms with Gasteiger partial charge in [-0.2, -0.15) is 26.3 Å². The second-order valence-corrected chi connectivity index (χ2v) is 14.7. The highest BCUT2D eigenvalue weighted by atomic mass is 32.2. The lowest BCUT2D eigenvalue weighted by atomic mass is 10.1. The third-order valence-corrected chi connectivity index (χ3v) is 10.5. The minimum atomic E-state index is -4.41. The van der Waals surface area contributed by atoms with E-state index in [0.29, 0.717) is 66.4 Å². The maximum atomic E-state index is 12.4. The molecule has 0 amide bonds. The number of halogens is 6. The molecule has 0 unspecified atom stereocenters. The number of aromatic nitrogens is 6. The van der Waals surface area contributed by atoms with Crippen LogP contribution < -0.4 is 21.2 Å². The van der Waals surface area contributed by atoms with E-state index in [1.807, 2.05) is 0 Å². The van der Waals surface area contributed by atoms with E-state index in [2.05, 4.69) is 29.4 Å². The van der Waals surface area contributed by atoms with Crippen molar-refractivity contribution in [2.24, 2.45) is 0 Å². The van der Waals surface area contributed by atoms with Crippen LogP contribution >= 0.6 is 23.5 Å². The van der Waals surface area contributed by atoms with E-state index >= 15 is 0 Å². The van der Waals surface area contributed by atoms with E-state index < -0.39 is 25.6 Å². The zero-order valence-electron chi connectivity index (χ0n) is 32.4. The lowest BCUT2D eigenvalue weighted by molar-refractivity contribution is -0.154. The molecule has 4 aromatic heterocycles. The summed E-state index contributed by atoms with van der Waals surface area (Å²) in [6.45, 7) is 0.575. The number of nitrogens with two attached hydrogens (primary N) is 2. The molecule has 14 nitrogen and oxygen atoms in total. The smallest absolute Gasteiger partial charge is 0.422 e. The van der Waals surface area contributed by atoms with Crippen molar-refractivity contribution in [2.45, 2.75) is 60.9 Å². The number of ether oxygens (including phenoxy) is 4. The molecule has 0 saturated heterocycles. The van der Waals surface area contributed by atoms with Crippen molar-refractivity contribution in [1.82, 2.24) is 29.3 Å². The summed E-state index contributed by atoms with van der Waals surface area (Å²) < 4.78 is 96.4. The summed E-state index contributed by atoms with van der Waals surface area (Å²) in [7, 11) is 2.64. The van der Waals surface area contributed by atoms with E-state index in [1.54, 1.807) is 50.2 Å². The van der Waals surface area contributed by atoms with Crippen LogP contribution in [0.5, 0.6) is 11.5 Å². The lowest BCUT2D eigenvalue weighted by Gasteiger charge is -2.13. The summed E-state index contributed by atoms with van der Waals surface area (Å²) in [5.74, 6) is 12.5. The molecule has 0 aliphatic rings. The lowest BCUT2D eigenvalue weighted by Crippen LogP contribution is -2.19. The molecule has 60 heavy (non-hydrogen) atoms. The van der Waals surface area contributed by atoms with Gasteiger partial charge in [0.2, 0.25) is 0 Å². The number of nitrogens with zero attached hydrogens (tertiary/aromatic N) is 6. The molecule has 320 valence electrons. The number of hydrogen-bond acceptors (Lipinski definition) is 14. The molecule has 0 atom stereocenters. The normalized spacial score (nSPS) is 11.6. The number of benzene rings is 2. The summed E-state index contributed by atoms with van der Waals surface area (Å²) in [6, 6.07) is 13.4. The Bertz CT molecular complexity index is 2410. The molecule has 0 spiro atoms. The highest BCUT2D eigenvalue weighted by molar-refractivity contribution is 7.98. The van der Waals surface area contributed by atoms with Crippen LogP contribution in [0.25, 0.3) is 22.1 Å². The van der Waals surface area contributed by atoms with Crippen molar-refractivity contribution in [3.8, 4) is 11.5 Å². The molecule has 2 aromatic carbocycles. The second-order valence-electron chi connectivity index (χ2n) is 12.8. The standard InChI is InChI=1S/2C19H19F3N4O3S/c1-11-14(24-6-5-16(11)29-10-19(20,21)22)9-30-18-25-13-7-12(8-17(27)28-2)3-4-15(13)26(18)23;1-11-14(24-6-5-16(11)29-10-19(20,21)22)9-30-18-25-13-4-3-12(8-17(27)28-2)7-15(13)26(18)23/h2*3-7H,8-10,23H2,1-2H3. The fraction of sp³-hybridized carbons (Fsp3) is 0.316. The third kappa shape index (κ3) is 12.1. The van der Waals surface area contributed by atoms with Gasteiger partial charge in [0.25, 0.3) is 0 Å². The zero-order valence-corrected chi connectivity index (χ0v) is 34.0. The maximum absolute atomic E-state index is 12.4. The first-order chi connectivity index (χ1) is 28.3. The van der Waals surface area contributed by atoms with Crippen LogP contribution in [0, 0.1) is 13.8 Å². The number of pyridine rings is 2. The third-order valence-electron chi connectivity index (χ3n) is 8.57. The maximum Gasteiger partial charge on any atom is 0.422 e. The van der Waals surface area contributed by atoms with Crippen LogP contribution in [0.2, 0.25) is 0 Å². The van der Waals surface area contributed by atoms with Crippen LogP contribution in [0.4, 0.5) is 26.3 Å². The first-order valence-corrected chi connectivity index (χ1v) is 19.5. The first-order valence-electron chi connectivity index (χ1n) is 17.6. The van der Waals surface area contributed by atoms with Crippen molar-refractivity contribution in [3.63, 3.8) is 0 Å². The van der Waals surface area contributed by atoms with E-state index in [-0.39, 0.29) is 36.3 Å². The Labute approximate surface area is 346 Å². The molecular weight excluding hydrogens is 843 g/mol. The van der Waals surface area contributed by atoms with E-state index in [9.17, 15) is 35.9 Å². The van der Waals surface area contributed by atoms with Gasteiger partial charge in [-0.05, 0) is 61.4 Å². The molecular formula is C38H38F6N8O6S2. The van der Waals surface area contributed by atoms with Crippen molar-refractivity contribution >= 4 is 57.5 Å². The minimum absolute atomic E-state index is 0.119. The Morgan fingerprint density at radius 1 is 0.650 bits per heavy atom. The fourth-order valence-electron chi connectivity index (χ4n) is 5.45. The largest absolute Gasteiger partial charge is 0.484 e. The van der Waals surface area contributed by atoms with Gasteiger partial charge < -0.3 is 30.6 Å². The topological polar surface area (TPSA) is 185 Å². The van der Waals surface area contributed by atoms with Crippen molar-refractivity contribution in [3.05, 3.63) is 94.6 Å². The Hall–Kier alpha value is -5.90. The van der Waals surface area contributed by atoms with Gasteiger partial charge in [-0.1, -0.05) is 35.7 Å². The van der Waals surface area contributed by atoms with E-state index in [1.165, 1.54) is 71.6 Å². The number of rotatable bonds is 14. The number of carbonyl (C=O) groups excluding carboxylic acids is 2. The summed E-state index contributed by atoms with van der Waals surface area (Å²) in [5.41, 5.74) is 6.26. The summed E-state index contributed by atoms with van der Waals surface area (Å²) in [4.78, 5) is 40.3. The second kappa shape index (κ2) is 19.4. The van der Waals surface area contributed by atoms with Crippen LogP contribution in [-0.4, -0.2) is 81.0 Å². The molecule has 0 aliphatic carbocycles. The first kappa shape index (κ1) is 45.2. The van der Waals surface area contributed by atoms with Crippen LogP contribution in [0.3, 0.4) is 0 Å². The Morgan fingerprint density at radius 3 is 1.58 bits per heavy atom. The number of carbonyl (C=O) groups is 2. The molecule has 4 N–H and O–H groups in total. The van der Waals surface area contributed by atoms with Crippen LogP contribution in [-0.2, 0) is 43.4 Å². The van der Waals surface area contributed by atoms with Gasteiger partial charge in [0.15, 0.2) is 23.5 Å². The summed E-state index contributed by atoms with van der Waals surface area (Å²) in [6.07, 6.45) is -5.78. The van der Waals surface area contributed by atoms with E-state index in [4.69, 9.17) is 21.2 Å². The predicted molar refractivity (Wildman–Crippen MR) is 211 cm³/mol. The van der Waals surface area contributed by atoms with Gasteiger partial charge in [0, 0.05) is 35.0 Å². The number of nitrogen functional groups attached to an aromatic ring is 2. The Balaban J connectivity index is 0.000000228. The number of esters is 2. The van der Waals surface area contributed by atoms with Crippen molar-refractivity contribution in [1.29, 1.82) is 0 Å². The van der Waals surface area contributed by atoms with Gasteiger partial charge in [0.1, 0.15) is 11.5 Å². The number of imidazole rings is 2. The summed E-state index contributed by atoms with van der Waals surface area (Å²) >= 11 is 2.58. The Kier molecular flexibility index (Phi) is 14.6. The minimum Gasteiger partial charge on any atom is -0.484 e. The number of fused-ring (bicyclic) bond motifs is 2. The number of thioether (sulfide) groups is 2. The fourth-order valence-corrected chi connectivity index (χ4v) is 7.36.